The molecule has 0 bridgehead atoms. The first-order valence-electron chi connectivity index (χ1n) is 5.81. The molecule has 0 spiro atoms. The van der Waals surface area contributed by atoms with Gasteiger partial charge in [-0.25, -0.2) is 0 Å². The molecule has 1 aliphatic heterocycles. The highest BCUT2D eigenvalue weighted by Crippen LogP contribution is 2.02. The normalized spacial score (nSPS) is 18.9. The third kappa shape index (κ3) is 4.08. The number of ether oxygens (including phenoxy) is 1. The standard InChI is InChI=1S/C11H22N2O3/c1-10(9-14)12(2)4-3-11(15)13-5-7-16-8-6-13/h10,14H,3-9H2,1-2H3. The number of carbonyl (C=O) groups excluding carboxylic acids is 1. The zero-order chi connectivity index (χ0) is 12.0. The molecule has 0 aliphatic carbocycles. The Labute approximate surface area is 97.0 Å². The first kappa shape index (κ1) is 13.4. The van der Waals surface area contributed by atoms with Gasteiger partial charge in [-0.3, -0.25) is 4.79 Å². The lowest BCUT2D eigenvalue weighted by molar-refractivity contribution is -0.135. The fraction of sp³-hybridized carbons (Fsp3) is 0.909. The van der Waals surface area contributed by atoms with Crippen molar-refractivity contribution in [2.45, 2.75) is 19.4 Å². The van der Waals surface area contributed by atoms with E-state index in [4.69, 9.17) is 9.84 Å². The Balaban J connectivity index is 2.23. The van der Waals surface area contributed by atoms with Crippen LogP contribution in [0.4, 0.5) is 0 Å². The Hall–Kier alpha value is -0.650. The molecule has 1 fully saturated rings. The van der Waals surface area contributed by atoms with Gasteiger partial charge < -0.3 is 19.6 Å². The quantitative estimate of drug-likeness (QED) is 0.695. The Morgan fingerprint density at radius 1 is 1.50 bits per heavy atom. The Kier molecular flexibility index (Phi) is 5.73. The SMILES string of the molecule is CC(CO)N(C)CCC(=O)N1CCOCC1. The molecule has 1 atom stereocenters. The molecule has 1 aliphatic rings. The van der Waals surface area contributed by atoms with Crippen molar-refractivity contribution < 1.29 is 14.6 Å². The van der Waals surface area contributed by atoms with Crippen LogP contribution in [0.3, 0.4) is 0 Å². The Bertz CT molecular complexity index is 217. The molecule has 0 aromatic carbocycles. The highest BCUT2D eigenvalue weighted by Gasteiger charge is 2.17. The van der Waals surface area contributed by atoms with Gasteiger partial charge in [0.15, 0.2) is 0 Å². The lowest BCUT2D eigenvalue weighted by Gasteiger charge is -2.28. The van der Waals surface area contributed by atoms with Gasteiger partial charge in [-0.1, -0.05) is 0 Å². The summed E-state index contributed by atoms with van der Waals surface area (Å²) in [5.41, 5.74) is 0. The summed E-state index contributed by atoms with van der Waals surface area (Å²) >= 11 is 0. The number of aliphatic hydroxyl groups excluding tert-OH is 1. The minimum Gasteiger partial charge on any atom is -0.395 e. The molecule has 1 rings (SSSR count). The van der Waals surface area contributed by atoms with Crippen molar-refractivity contribution in [3.05, 3.63) is 0 Å². The van der Waals surface area contributed by atoms with E-state index < -0.39 is 0 Å². The Morgan fingerprint density at radius 3 is 2.69 bits per heavy atom. The van der Waals surface area contributed by atoms with Crippen LogP contribution >= 0.6 is 0 Å². The van der Waals surface area contributed by atoms with Crippen molar-refractivity contribution in [3.8, 4) is 0 Å². The van der Waals surface area contributed by atoms with E-state index in [0.29, 0.717) is 39.3 Å². The molecule has 0 radical (unpaired) electrons. The zero-order valence-electron chi connectivity index (χ0n) is 10.2. The van der Waals surface area contributed by atoms with Gasteiger partial charge in [0.25, 0.3) is 0 Å². The van der Waals surface area contributed by atoms with E-state index in [-0.39, 0.29) is 18.6 Å². The molecule has 1 amide bonds. The van der Waals surface area contributed by atoms with E-state index in [1.165, 1.54) is 0 Å². The number of hydrogen-bond donors (Lipinski definition) is 1. The van der Waals surface area contributed by atoms with Crippen molar-refractivity contribution in [2.75, 3.05) is 46.5 Å². The number of rotatable bonds is 5. The minimum atomic E-state index is 0.109. The van der Waals surface area contributed by atoms with Crippen LogP contribution in [0.25, 0.3) is 0 Å². The molecule has 0 aromatic rings. The van der Waals surface area contributed by atoms with E-state index in [0.717, 1.165) is 0 Å². The number of carbonyl (C=O) groups is 1. The lowest BCUT2D eigenvalue weighted by atomic mass is 10.2. The van der Waals surface area contributed by atoms with Gasteiger partial charge in [-0.2, -0.15) is 0 Å². The first-order chi connectivity index (χ1) is 7.65. The van der Waals surface area contributed by atoms with Crippen molar-refractivity contribution in [1.82, 2.24) is 9.80 Å². The van der Waals surface area contributed by atoms with Crippen LogP contribution in [0.5, 0.6) is 0 Å². The highest BCUT2D eigenvalue weighted by atomic mass is 16.5. The summed E-state index contributed by atoms with van der Waals surface area (Å²) in [5.74, 6) is 0.181. The molecule has 1 heterocycles. The molecule has 0 aromatic heterocycles. The van der Waals surface area contributed by atoms with Gasteiger partial charge in [0.05, 0.1) is 19.8 Å². The molecule has 5 heteroatoms. The molecule has 0 saturated carbocycles. The van der Waals surface area contributed by atoms with Crippen molar-refractivity contribution in [3.63, 3.8) is 0 Å². The first-order valence-corrected chi connectivity index (χ1v) is 5.81. The second-order valence-corrected chi connectivity index (χ2v) is 4.26. The van der Waals surface area contributed by atoms with Crippen molar-refractivity contribution >= 4 is 5.91 Å². The highest BCUT2D eigenvalue weighted by molar-refractivity contribution is 5.76. The second kappa shape index (κ2) is 6.83. The predicted octanol–water partition coefficient (Wildman–Crippen LogP) is -0.452. The maximum atomic E-state index is 11.8. The number of likely N-dealkylation sites (N-methyl/N-ethyl adjacent to an activating group) is 1. The van der Waals surface area contributed by atoms with Gasteiger partial charge in [-0.15, -0.1) is 0 Å². The maximum Gasteiger partial charge on any atom is 0.224 e. The summed E-state index contributed by atoms with van der Waals surface area (Å²) in [4.78, 5) is 15.6. The van der Waals surface area contributed by atoms with Crippen LogP contribution in [-0.2, 0) is 9.53 Å². The average Bonchev–Trinajstić information content (AvgIpc) is 2.35. The summed E-state index contributed by atoms with van der Waals surface area (Å²) in [6.45, 7) is 5.47. The monoisotopic (exact) mass is 230 g/mol. The van der Waals surface area contributed by atoms with Crippen LogP contribution < -0.4 is 0 Å². The molecule has 1 unspecified atom stereocenters. The van der Waals surface area contributed by atoms with Gasteiger partial charge in [0.2, 0.25) is 5.91 Å². The number of nitrogens with zero attached hydrogens (tertiary/aromatic N) is 2. The van der Waals surface area contributed by atoms with Crippen LogP contribution in [-0.4, -0.2) is 73.4 Å². The number of amides is 1. The van der Waals surface area contributed by atoms with E-state index in [1.807, 2.05) is 23.8 Å². The fourth-order valence-electron chi connectivity index (χ4n) is 1.60. The van der Waals surface area contributed by atoms with E-state index in [2.05, 4.69) is 0 Å². The third-order valence-electron chi connectivity index (χ3n) is 3.06. The summed E-state index contributed by atoms with van der Waals surface area (Å²) in [7, 11) is 1.92. The third-order valence-corrected chi connectivity index (χ3v) is 3.06. The molecule has 16 heavy (non-hydrogen) atoms. The number of hydrogen-bond acceptors (Lipinski definition) is 4. The predicted molar refractivity (Wildman–Crippen MR) is 61.2 cm³/mol. The maximum absolute atomic E-state index is 11.8. The van der Waals surface area contributed by atoms with Crippen LogP contribution in [0.1, 0.15) is 13.3 Å². The average molecular weight is 230 g/mol. The molecule has 1 N–H and O–H groups in total. The van der Waals surface area contributed by atoms with Crippen LogP contribution in [0.15, 0.2) is 0 Å². The van der Waals surface area contributed by atoms with Gasteiger partial charge in [0.1, 0.15) is 0 Å². The topological polar surface area (TPSA) is 53.0 Å². The summed E-state index contributed by atoms with van der Waals surface area (Å²) in [5, 5.41) is 8.97. The minimum absolute atomic E-state index is 0.109. The number of aliphatic hydroxyl groups is 1. The van der Waals surface area contributed by atoms with Gasteiger partial charge >= 0.3 is 0 Å². The van der Waals surface area contributed by atoms with Gasteiger partial charge in [0, 0.05) is 32.1 Å². The van der Waals surface area contributed by atoms with Crippen molar-refractivity contribution in [1.29, 1.82) is 0 Å². The summed E-state index contributed by atoms with van der Waals surface area (Å²) in [6.07, 6.45) is 0.515. The zero-order valence-corrected chi connectivity index (χ0v) is 10.2. The summed E-state index contributed by atoms with van der Waals surface area (Å²) < 4.78 is 5.19. The second-order valence-electron chi connectivity index (χ2n) is 4.26. The summed E-state index contributed by atoms with van der Waals surface area (Å²) in [6, 6.07) is 0.109. The molecular weight excluding hydrogens is 208 g/mol. The van der Waals surface area contributed by atoms with Crippen LogP contribution in [0, 0.1) is 0 Å². The van der Waals surface area contributed by atoms with E-state index in [1.54, 1.807) is 0 Å². The van der Waals surface area contributed by atoms with Crippen LogP contribution in [0.2, 0.25) is 0 Å². The smallest absolute Gasteiger partial charge is 0.224 e. The van der Waals surface area contributed by atoms with Gasteiger partial charge in [-0.05, 0) is 14.0 Å². The van der Waals surface area contributed by atoms with Crippen molar-refractivity contribution in [2.24, 2.45) is 0 Å². The fourth-order valence-corrected chi connectivity index (χ4v) is 1.60. The molecule has 5 nitrogen and oxygen atoms in total. The molecule has 94 valence electrons. The molecular formula is C11H22N2O3. The Morgan fingerprint density at radius 2 is 2.12 bits per heavy atom. The molecule has 1 saturated heterocycles. The van der Waals surface area contributed by atoms with E-state index in [9.17, 15) is 4.79 Å². The largest absolute Gasteiger partial charge is 0.395 e. The number of morpholine rings is 1. The van der Waals surface area contributed by atoms with E-state index >= 15 is 0 Å². The lowest BCUT2D eigenvalue weighted by Crippen LogP contribution is -2.42.